The monoisotopic (exact) mass is 309 g/mol. The quantitative estimate of drug-likeness (QED) is 0.646. The number of aliphatic hydroxyl groups is 1. The van der Waals surface area contributed by atoms with Crippen LogP contribution in [0.2, 0.25) is 0 Å². The SMILES string of the molecule is CCOC(=O)CCc1ccccc1OC[C@@H](O)CNC(C)C. The molecule has 0 saturated carbocycles. The number of ether oxygens (including phenoxy) is 2. The number of benzene rings is 1. The number of para-hydroxylation sites is 1. The average molecular weight is 309 g/mol. The van der Waals surface area contributed by atoms with Crippen molar-refractivity contribution >= 4 is 5.97 Å². The molecule has 1 aromatic carbocycles. The molecule has 0 unspecified atom stereocenters. The molecule has 0 fully saturated rings. The van der Waals surface area contributed by atoms with E-state index < -0.39 is 6.10 Å². The van der Waals surface area contributed by atoms with E-state index in [2.05, 4.69) is 5.32 Å². The van der Waals surface area contributed by atoms with E-state index in [-0.39, 0.29) is 12.6 Å². The molecule has 2 N–H and O–H groups in total. The Morgan fingerprint density at radius 3 is 2.73 bits per heavy atom. The molecule has 1 aromatic rings. The maximum atomic E-state index is 11.4. The standard InChI is InChI=1S/C17H27NO4/c1-4-21-17(20)10-9-14-7-5-6-8-16(14)22-12-15(19)11-18-13(2)3/h5-8,13,15,18-19H,4,9-12H2,1-3H3/t15-/m0/s1. The molecule has 0 saturated heterocycles. The third-order valence-corrected chi connectivity index (χ3v) is 3.07. The minimum absolute atomic E-state index is 0.210. The van der Waals surface area contributed by atoms with Crippen molar-refractivity contribution in [1.82, 2.24) is 5.32 Å². The number of esters is 1. The van der Waals surface area contributed by atoms with Gasteiger partial charge in [0.25, 0.3) is 0 Å². The van der Waals surface area contributed by atoms with Gasteiger partial charge in [0.1, 0.15) is 18.5 Å². The molecule has 22 heavy (non-hydrogen) atoms. The van der Waals surface area contributed by atoms with E-state index >= 15 is 0 Å². The molecule has 0 radical (unpaired) electrons. The summed E-state index contributed by atoms with van der Waals surface area (Å²) < 4.78 is 10.6. The van der Waals surface area contributed by atoms with Gasteiger partial charge >= 0.3 is 5.97 Å². The van der Waals surface area contributed by atoms with Crippen molar-refractivity contribution in [2.45, 2.75) is 45.8 Å². The molecule has 1 rings (SSSR count). The van der Waals surface area contributed by atoms with Gasteiger partial charge in [0.15, 0.2) is 0 Å². The smallest absolute Gasteiger partial charge is 0.306 e. The number of carbonyl (C=O) groups is 1. The third kappa shape index (κ3) is 7.43. The van der Waals surface area contributed by atoms with Crippen molar-refractivity contribution < 1.29 is 19.4 Å². The van der Waals surface area contributed by atoms with Crippen molar-refractivity contribution in [3.8, 4) is 5.75 Å². The van der Waals surface area contributed by atoms with E-state index in [0.717, 1.165) is 5.56 Å². The maximum Gasteiger partial charge on any atom is 0.306 e. The molecule has 0 aliphatic rings. The van der Waals surface area contributed by atoms with Crippen LogP contribution < -0.4 is 10.1 Å². The highest BCUT2D eigenvalue weighted by Crippen LogP contribution is 2.20. The number of aryl methyl sites for hydroxylation is 1. The van der Waals surface area contributed by atoms with Crippen LogP contribution in [-0.4, -0.2) is 43.0 Å². The van der Waals surface area contributed by atoms with E-state index in [1.165, 1.54) is 0 Å². The Balaban J connectivity index is 2.47. The number of carbonyl (C=O) groups excluding carboxylic acids is 1. The highest BCUT2D eigenvalue weighted by Gasteiger charge is 2.10. The van der Waals surface area contributed by atoms with Crippen LogP contribution in [0.3, 0.4) is 0 Å². The Morgan fingerprint density at radius 1 is 1.32 bits per heavy atom. The van der Waals surface area contributed by atoms with Gasteiger partial charge in [-0.25, -0.2) is 0 Å². The summed E-state index contributed by atoms with van der Waals surface area (Å²) in [5.41, 5.74) is 0.944. The van der Waals surface area contributed by atoms with Crippen LogP contribution in [0, 0.1) is 0 Å². The molecule has 0 aliphatic carbocycles. The van der Waals surface area contributed by atoms with Crippen molar-refractivity contribution in [2.75, 3.05) is 19.8 Å². The first-order valence-electron chi connectivity index (χ1n) is 7.80. The number of nitrogens with one attached hydrogen (secondary N) is 1. The van der Waals surface area contributed by atoms with E-state index in [1.807, 2.05) is 38.1 Å². The summed E-state index contributed by atoms with van der Waals surface area (Å²) in [7, 11) is 0. The second-order valence-electron chi connectivity index (χ2n) is 5.44. The molecule has 0 amide bonds. The number of hydrogen-bond acceptors (Lipinski definition) is 5. The number of aliphatic hydroxyl groups excluding tert-OH is 1. The predicted molar refractivity (Wildman–Crippen MR) is 86.0 cm³/mol. The van der Waals surface area contributed by atoms with Gasteiger partial charge in [-0.05, 0) is 25.0 Å². The van der Waals surface area contributed by atoms with Crippen molar-refractivity contribution in [3.05, 3.63) is 29.8 Å². The van der Waals surface area contributed by atoms with Crippen LogP contribution in [0.15, 0.2) is 24.3 Å². The zero-order chi connectivity index (χ0) is 16.4. The molecule has 0 aromatic heterocycles. The summed E-state index contributed by atoms with van der Waals surface area (Å²) in [5, 5.41) is 13.0. The molecule has 0 heterocycles. The molecule has 0 aliphatic heterocycles. The Labute approximate surface area is 132 Å². The maximum absolute atomic E-state index is 11.4. The fourth-order valence-electron chi connectivity index (χ4n) is 1.94. The van der Waals surface area contributed by atoms with E-state index in [9.17, 15) is 9.90 Å². The minimum Gasteiger partial charge on any atom is -0.491 e. The van der Waals surface area contributed by atoms with E-state index in [0.29, 0.717) is 37.8 Å². The summed E-state index contributed by atoms with van der Waals surface area (Å²) in [6, 6.07) is 7.88. The van der Waals surface area contributed by atoms with Crippen LogP contribution >= 0.6 is 0 Å². The number of hydrogen-bond donors (Lipinski definition) is 2. The van der Waals surface area contributed by atoms with Gasteiger partial charge in [-0.2, -0.15) is 0 Å². The van der Waals surface area contributed by atoms with Crippen molar-refractivity contribution in [2.24, 2.45) is 0 Å². The molecule has 124 valence electrons. The van der Waals surface area contributed by atoms with Crippen LogP contribution in [0.5, 0.6) is 5.75 Å². The Bertz CT molecular complexity index is 448. The average Bonchev–Trinajstić information content (AvgIpc) is 2.50. The largest absolute Gasteiger partial charge is 0.491 e. The molecular weight excluding hydrogens is 282 g/mol. The van der Waals surface area contributed by atoms with Gasteiger partial charge in [-0.3, -0.25) is 4.79 Å². The highest BCUT2D eigenvalue weighted by molar-refractivity contribution is 5.69. The number of rotatable bonds is 10. The molecular formula is C17H27NO4. The lowest BCUT2D eigenvalue weighted by Crippen LogP contribution is -2.35. The van der Waals surface area contributed by atoms with Crippen LogP contribution in [-0.2, 0) is 16.0 Å². The fourth-order valence-corrected chi connectivity index (χ4v) is 1.94. The summed E-state index contributed by atoms with van der Waals surface area (Å²) in [4.78, 5) is 11.4. The van der Waals surface area contributed by atoms with Gasteiger partial charge in [0.05, 0.1) is 6.61 Å². The lowest BCUT2D eigenvalue weighted by molar-refractivity contribution is -0.143. The molecule has 0 spiro atoms. The second-order valence-corrected chi connectivity index (χ2v) is 5.44. The highest BCUT2D eigenvalue weighted by atomic mass is 16.5. The van der Waals surface area contributed by atoms with Crippen molar-refractivity contribution in [1.29, 1.82) is 0 Å². The Morgan fingerprint density at radius 2 is 2.05 bits per heavy atom. The summed E-state index contributed by atoms with van der Waals surface area (Å²) >= 11 is 0. The van der Waals surface area contributed by atoms with Crippen LogP contribution in [0.1, 0.15) is 32.8 Å². The van der Waals surface area contributed by atoms with Crippen LogP contribution in [0.25, 0.3) is 0 Å². The lowest BCUT2D eigenvalue weighted by Gasteiger charge is -2.16. The first kappa shape index (κ1) is 18.5. The van der Waals surface area contributed by atoms with Gasteiger partial charge in [-0.1, -0.05) is 32.0 Å². The zero-order valence-electron chi connectivity index (χ0n) is 13.7. The van der Waals surface area contributed by atoms with Crippen LogP contribution in [0.4, 0.5) is 0 Å². The first-order valence-corrected chi connectivity index (χ1v) is 7.80. The minimum atomic E-state index is -0.569. The van der Waals surface area contributed by atoms with E-state index in [4.69, 9.17) is 9.47 Å². The zero-order valence-corrected chi connectivity index (χ0v) is 13.7. The molecule has 5 heteroatoms. The van der Waals surface area contributed by atoms with Gasteiger partial charge in [-0.15, -0.1) is 0 Å². The fraction of sp³-hybridized carbons (Fsp3) is 0.588. The normalized spacial score (nSPS) is 12.2. The Hall–Kier alpha value is -1.59. The van der Waals surface area contributed by atoms with Gasteiger partial charge in [0, 0.05) is 19.0 Å². The molecule has 1 atom stereocenters. The summed E-state index contributed by atoms with van der Waals surface area (Å²) in [6.45, 7) is 6.95. The van der Waals surface area contributed by atoms with Crippen molar-refractivity contribution in [3.63, 3.8) is 0 Å². The summed E-state index contributed by atoms with van der Waals surface area (Å²) in [5.74, 6) is 0.494. The van der Waals surface area contributed by atoms with Gasteiger partial charge in [0.2, 0.25) is 0 Å². The Kier molecular flexibility index (Phi) is 8.55. The second kappa shape index (κ2) is 10.2. The predicted octanol–water partition coefficient (Wildman–Crippen LogP) is 1.92. The molecule has 0 bridgehead atoms. The summed E-state index contributed by atoms with van der Waals surface area (Å²) in [6.07, 6.45) is 0.321. The van der Waals surface area contributed by atoms with E-state index in [1.54, 1.807) is 6.92 Å². The topological polar surface area (TPSA) is 67.8 Å². The lowest BCUT2D eigenvalue weighted by atomic mass is 10.1. The molecule has 5 nitrogen and oxygen atoms in total. The van der Waals surface area contributed by atoms with Gasteiger partial charge < -0.3 is 19.9 Å². The first-order chi connectivity index (χ1) is 10.5. The third-order valence-electron chi connectivity index (χ3n) is 3.07.